The van der Waals surface area contributed by atoms with Crippen molar-refractivity contribution in [2.45, 2.75) is 232 Å². The van der Waals surface area contributed by atoms with Crippen molar-refractivity contribution in [3.05, 3.63) is 0 Å². The molecule has 11 heteroatoms. The van der Waals surface area contributed by atoms with E-state index in [0.29, 0.717) is 12.8 Å². The molecule has 2 unspecified atom stereocenters. The lowest BCUT2D eigenvalue weighted by atomic mass is 10.0. The van der Waals surface area contributed by atoms with Gasteiger partial charge in [0.2, 0.25) is 0 Å². The Kier molecular flexibility index (Phi) is 38.5. The first-order chi connectivity index (χ1) is 25.7. The number of ether oxygens (including phenoxy) is 2. The van der Waals surface area contributed by atoms with Crippen molar-refractivity contribution >= 4 is 19.8 Å². The minimum Gasteiger partial charge on any atom is -0.462 e. The molecule has 0 bridgehead atoms. The van der Waals surface area contributed by atoms with Crippen LogP contribution in [0.5, 0.6) is 0 Å². The lowest BCUT2D eigenvalue weighted by molar-refractivity contribution is -0.161. The van der Waals surface area contributed by atoms with Gasteiger partial charge in [0.1, 0.15) is 12.7 Å². The molecule has 0 aliphatic heterocycles. The van der Waals surface area contributed by atoms with Gasteiger partial charge < -0.3 is 24.6 Å². The Bertz CT molecular complexity index is 858. The number of rotatable bonds is 42. The number of carbonyl (C=O) groups is 2. The van der Waals surface area contributed by atoms with Crippen LogP contribution in [0.2, 0.25) is 0 Å². The molecule has 0 fully saturated rings. The summed E-state index contributed by atoms with van der Waals surface area (Å²) in [5.74, 6) is -0.909. The number of aliphatic hydroxyl groups is 2. The Morgan fingerprint density at radius 2 is 0.811 bits per heavy atom. The van der Waals surface area contributed by atoms with Gasteiger partial charge in [-0.25, -0.2) is 4.57 Å². The molecule has 0 saturated carbocycles. The number of carbonyl (C=O) groups excluding carboxylic acids is 2. The molecular weight excluding hydrogens is 695 g/mol. The van der Waals surface area contributed by atoms with Gasteiger partial charge in [-0.1, -0.05) is 194 Å². The van der Waals surface area contributed by atoms with Gasteiger partial charge in [-0.2, -0.15) is 0 Å². The van der Waals surface area contributed by atoms with Crippen LogP contribution in [0.15, 0.2) is 0 Å². The summed E-state index contributed by atoms with van der Waals surface area (Å²) in [6.45, 7) is 2.42. The Morgan fingerprint density at radius 1 is 0.491 bits per heavy atom. The average molecular weight is 779 g/mol. The molecule has 0 aromatic heterocycles. The molecule has 0 heterocycles. The molecule has 0 amide bonds. The van der Waals surface area contributed by atoms with Crippen molar-refractivity contribution < 1.29 is 47.8 Å². The Labute approximate surface area is 324 Å². The summed E-state index contributed by atoms with van der Waals surface area (Å²) in [6.07, 6.45) is 34.9. The molecular formula is C42H83O10P. The largest absolute Gasteiger partial charge is 0.472 e. The predicted molar refractivity (Wildman–Crippen MR) is 215 cm³/mol. The van der Waals surface area contributed by atoms with Crippen LogP contribution in [0, 0.1) is 0 Å². The highest BCUT2D eigenvalue weighted by atomic mass is 31.2. The average Bonchev–Trinajstić information content (AvgIpc) is 3.14. The quantitative estimate of drug-likeness (QED) is 0.0310. The van der Waals surface area contributed by atoms with E-state index < -0.39 is 51.8 Å². The van der Waals surface area contributed by atoms with E-state index >= 15 is 0 Å². The summed E-state index contributed by atoms with van der Waals surface area (Å²) in [5.41, 5.74) is 0. The van der Waals surface area contributed by atoms with Gasteiger partial charge in [0.25, 0.3) is 0 Å². The van der Waals surface area contributed by atoms with E-state index in [2.05, 4.69) is 13.8 Å². The van der Waals surface area contributed by atoms with Crippen LogP contribution in [-0.4, -0.2) is 65.7 Å². The molecule has 0 aromatic rings. The smallest absolute Gasteiger partial charge is 0.462 e. The number of unbranched alkanes of at least 4 members (excludes halogenated alkanes) is 28. The zero-order valence-corrected chi connectivity index (χ0v) is 35.2. The van der Waals surface area contributed by atoms with Crippen LogP contribution in [0.3, 0.4) is 0 Å². The molecule has 0 aliphatic carbocycles. The number of hydrogen-bond acceptors (Lipinski definition) is 9. The molecule has 316 valence electrons. The van der Waals surface area contributed by atoms with Crippen molar-refractivity contribution in [1.82, 2.24) is 0 Å². The van der Waals surface area contributed by atoms with Gasteiger partial charge in [0.05, 0.1) is 19.8 Å². The van der Waals surface area contributed by atoms with E-state index in [-0.39, 0.29) is 19.4 Å². The molecule has 0 spiro atoms. The van der Waals surface area contributed by atoms with E-state index in [0.717, 1.165) is 32.1 Å². The van der Waals surface area contributed by atoms with Crippen LogP contribution in [0.25, 0.3) is 0 Å². The standard InChI is InChI=1S/C42H83O10P/c1-3-5-7-9-11-13-15-17-19-21-23-25-27-29-31-33-41(45)49-37-40(38-51-53(47,48)50-36-39(44)35-43)52-42(46)34-32-30-28-26-24-22-20-18-16-14-12-10-8-6-4-2/h39-40,43-44H,3-38H2,1-2H3,(H,47,48)/t39-,40?/m0/s1. The molecule has 0 rings (SSSR count). The topological polar surface area (TPSA) is 149 Å². The molecule has 3 N–H and O–H groups in total. The molecule has 0 aromatic carbocycles. The van der Waals surface area contributed by atoms with Crippen molar-refractivity contribution in [1.29, 1.82) is 0 Å². The zero-order chi connectivity index (χ0) is 39.1. The Hall–Kier alpha value is -1.03. The first-order valence-electron chi connectivity index (χ1n) is 22.0. The molecule has 3 atom stereocenters. The summed E-state index contributed by atoms with van der Waals surface area (Å²) >= 11 is 0. The highest BCUT2D eigenvalue weighted by Crippen LogP contribution is 2.43. The van der Waals surface area contributed by atoms with Gasteiger partial charge in [-0.15, -0.1) is 0 Å². The highest BCUT2D eigenvalue weighted by Gasteiger charge is 2.27. The number of aliphatic hydroxyl groups excluding tert-OH is 2. The number of phosphoric acid groups is 1. The van der Waals surface area contributed by atoms with E-state index in [1.807, 2.05) is 0 Å². The lowest BCUT2D eigenvalue weighted by Crippen LogP contribution is -2.29. The van der Waals surface area contributed by atoms with Crippen molar-refractivity contribution in [3.8, 4) is 0 Å². The van der Waals surface area contributed by atoms with E-state index in [1.165, 1.54) is 148 Å². The summed E-state index contributed by atoms with van der Waals surface area (Å²) in [7, 11) is -4.61. The summed E-state index contributed by atoms with van der Waals surface area (Å²) in [5, 5.41) is 18.3. The maximum absolute atomic E-state index is 12.6. The lowest BCUT2D eigenvalue weighted by Gasteiger charge is -2.20. The van der Waals surface area contributed by atoms with E-state index in [4.69, 9.17) is 23.6 Å². The second-order valence-electron chi connectivity index (χ2n) is 15.1. The molecule has 53 heavy (non-hydrogen) atoms. The van der Waals surface area contributed by atoms with E-state index in [1.54, 1.807) is 0 Å². The number of hydrogen-bond donors (Lipinski definition) is 3. The van der Waals surface area contributed by atoms with Crippen molar-refractivity contribution in [2.75, 3.05) is 26.4 Å². The van der Waals surface area contributed by atoms with Crippen LogP contribution in [-0.2, 0) is 32.7 Å². The maximum Gasteiger partial charge on any atom is 0.472 e. The first kappa shape index (κ1) is 52.0. The van der Waals surface area contributed by atoms with Gasteiger partial charge in [0.15, 0.2) is 6.10 Å². The third-order valence-electron chi connectivity index (χ3n) is 9.76. The predicted octanol–water partition coefficient (Wildman–Crippen LogP) is 11.5. The SMILES string of the molecule is CCCCCCCCCCCCCCCCCC(=O)OCC(COP(=O)(O)OC[C@@H](O)CO)OC(=O)CCCCCCCCCCCCCCCCC. The maximum atomic E-state index is 12.6. The van der Waals surface area contributed by atoms with E-state index in [9.17, 15) is 24.2 Å². The number of phosphoric ester groups is 1. The molecule has 0 radical (unpaired) electrons. The molecule has 0 aliphatic rings. The van der Waals surface area contributed by atoms with Crippen LogP contribution < -0.4 is 0 Å². The fraction of sp³-hybridized carbons (Fsp3) is 0.952. The molecule has 0 saturated heterocycles. The fourth-order valence-electron chi connectivity index (χ4n) is 6.35. The third-order valence-corrected chi connectivity index (χ3v) is 10.7. The highest BCUT2D eigenvalue weighted by molar-refractivity contribution is 7.47. The van der Waals surface area contributed by atoms with Gasteiger partial charge in [0, 0.05) is 12.8 Å². The Morgan fingerprint density at radius 3 is 1.17 bits per heavy atom. The summed E-state index contributed by atoms with van der Waals surface area (Å²) in [6, 6.07) is 0. The zero-order valence-electron chi connectivity index (χ0n) is 34.3. The van der Waals surface area contributed by atoms with Gasteiger partial charge in [-0.05, 0) is 12.8 Å². The van der Waals surface area contributed by atoms with Crippen LogP contribution >= 0.6 is 7.82 Å². The van der Waals surface area contributed by atoms with Gasteiger partial charge >= 0.3 is 19.8 Å². The minimum absolute atomic E-state index is 0.192. The number of esters is 2. The summed E-state index contributed by atoms with van der Waals surface area (Å²) < 4.78 is 32.7. The first-order valence-corrected chi connectivity index (χ1v) is 23.5. The van der Waals surface area contributed by atoms with Crippen LogP contribution in [0.1, 0.15) is 219 Å². The monoisotopic (exact) mass is 779 g/mol. The molecule has 10 nitrogen and oxygen atoms in total. The second kappa shape index (κ2) is 39.2. The van der Waals surface area contributed by atoms with Gasteiger partial charge in [-0.3, -0.25) is 18.6 Å². The fourth-order valence-corrected chi connectivity index (χ4v) is 7.14. The third kappa shape index (κ3) is 39.0. The van der Waals surface area contributed by atoms with Crippen molar-refractivity contribution in [2.24, 2.45) is 0 Å². The second-order valence-corrected chi connectivity index (χ2v) is 16.5. The Balaban J connectivity index is 4.24. The van der Waals surface area contributed by atoms with Crippen molar-refractivity contribution in [3.63, 3.8) is 0 Å². The minimum atomic E-state index is -4.61. The summed E-state index contributed by atoms with van der Waals surface area (Å²) in [4.78, 5) is 35.0. The normalized spacial score (nSPS) is 13.8. The van der Waals surface area contributed by atoms with Crippen LogP contribution in [0.4, 0.5) is 0 Å².